The minimum atomic E-state index is -0.331. The minimum Gasteiger partial charge on any atom is -0.394 e. The lowest BCUT2D eigenvalue weighted by molar-refractivity contribution is 0.125. The van der Waals surface area contributed by atoms with Crippen molar-refractivity contribution in [3.05, 3.63) is 70.8 Å². The molecule has 128 valence electrons. The van der Waals surface area contributed by atoms with Crippen molar-refractivity contribution in [1.29, 1.82) is 5.26 Å². The molecule has 2 N–H and O–H groups in total. The fourth-order valence-corrected chi connectivity index (χ4v) is 3.32. The van der Waals surface area contributed by atoms with Gasteiger partial charge in [-0.2, -0.15) is 5.26 Å². The smallest absolute Gasteiger partial charge is 0.318 e. The third kappa shape index (κ3) is 3.49. The number of amides is 2. The van der Waals surface area contributed by atoms with Crippen molar-refractivity contribution in [2.24, 2.45) is 0 Å². The first-order valence-corrected chi connectivity index (χ1v) is 8.40. The number of benzene rings is 2. The lowest BCUT2D eigenvalue weighted by Crippen LogP contribution is -2.47. The van der Waals surface area contributed by atoms with E-state index in [9.17, 15) is 9.90 Å². The van der Waals surface area contributed by atoms with Gasteiger partial charge in [0, 0.05) is 6.54 Å². The van der Waals surface area contributed by atoms with Crippen molar-refractivity contribution in [3.63, 3.8) is 0 Å². The van der Waals surface area contributed by atoms with Gasteiger partial charge in [0.15, 0.2) is 0 Å². The van der Waals surface area contributed by atoms with Crippen LogP contribution in [-0.2, 0) is 6.42 Å². The lowest BCUT2D eigenvalue weighted by Gasteiger charge is -2.37. The largest absolute Gasteiger partial charge is 0.394 e. The second-order valence-electron chi connectivity index (χ2n) is 6.25. The lowest BCUT2D eigenvalue weighted by atomic mass is 9.93. The van der Waals surface area contributed by atoms with Crippen LogP contribution < -0.4 is 5.32 Å². The Morgan fingerprint density at radius 2 is 2.16 bits per heavy atom. The van der Waals surface area contributed by atoms with Gasteiger partial charge in [-0.1, -0.05) is 36.4 Å². The summed E-state index contributed by atoms with van der Waals surface area (Å²) in [6.45, 7) is 2.35. The zero-order valence-electron chi connectivity index (χ0n) is 14.1. The van der Waals surface area contributed by atoms with E-state index in [-0.39, 0.29) is 24.7 Å². The van der Waals surface area contributed by atoms with Gasteiger partial charge in [-0.15, -0.1) is 0 Å². The number of hydrogen-bond donors (Lipinski definition) is 2. The molecule has 0 saturated heterocycles. The highest BCUT2D eigenvalue weighted by Crippen LogP contribution is 2.29. The minimum absolute atomic E-state index is 0.108. The summed E-state index contributed by atoms with van der Waals surface area (Å²) in [6.07, 6.45) is 0.776. The number of rotatable bonds is 3. The first kappa shape index (κ1) is 17.0. The summed E-state index contributed by atoms with van der Waals surface area (Å²) in [5.74, 6) is 0. The number of nitrogens with zero attached hydrogens (tertiary/aromatic N) is 2. The SMILES string of the molecule is C[C@H](NC(=O)N1CCc2ccccc2[C@H]1CO)c1cccc(C#N)c1. The summed E-state index contributed by atoms with van der Waals surface area (Å²) < 4.78 is 0. The van der Waals surface area contributed by atoms with Gasteiger partial charge in [0.25, 0.3) is 0 Å². The van der Waals surface area contributed by atoms with Gasteiger partial charge in [0.05, 0.1) is 30.3 Å². The molecule has 1 aliphatic heterocycles. The summed E-state index contributed by atoms with van der Waals surface area (Å²) in [5.41, 5.74) is 3.63. The zero-order valence-corrected chi connectivity index (χ0v) is 14.1. The number of aliphatic hydroxyl groups excluding tert-OH is 1. The van der Waals surface area contributed by atoms with E-state index in [1.54, 1.807) is 17.0 Å². The Balaban J connectivity index is 1.75. The van der Waals surface area contributed by atoms with E-state index in [1.165, 1.54) is 5.56 Å². The number of aliphatic hydroxyl groups is 1. The second kappa shape index (κ2) is 7.37. The van der Waals surface area contributed by atoms with E-state index < -0.39 is 0 Å². The Labute approximate surface area is 147 Å². The van der Waals surface area contributed by atoms with E-state index in [0.717, 1.165) is 17.5 Å². The quantitative estimate of drug-likeness (QED) is 0.905. The normalized spacial score (nSPS) is 17.3. The molecule has 2 atom stereocenters. The Bertz CT molecular complexity index is 813. The molecule has 5 nitrogen and oxygen atoms in total. The molecule has 5 heteroatoms. The van der Waals surface area contributed by atoms with Crippen LogP contribution in [0.15, 0.2) is 48.5 Å². The van der Waals surface area contributed by atoms with Crippen LogP contribution >= 0.6 is 0 Å². The zero-order chi connectivity index (χ0) is 17.8. The second-order valence-corrected chi connectivity index (χ2v) is 6.25. The molecule has 0 aromatic heterocycles. The molecule has 3 rings (SSSR count). The fraction of sp³-hybridized carbons (Fsp3) is 0.300. The number of fused-ring (bicyclic) bond motifs is 1. The Kier molecular flexibility index (Phi) is 5.01. The van der Waals surface area contributed by atoms with Crippen LogP contribution in [0.1, 0.15) is 41.3 Å². The van der Waals surface area contributed by atoms with Gasteiger partial charge < -0.3 is 15.3 Å². The van der Waals surface area contributed by atoms with Crippen molar-refractivity contribution in [2.45, 2.75) is 25.4 Å². The van der Waals surface area contributed by atoms with E-state index in [0.29, 0.717) is 12.1 Å². The molecule has 1 heterocycles. The summed E-state index contributed by atoms with van der Waals surface area (Å²) in [6, 6.07) is 16.5. The molecule has 0 fully saturated rings. The standard InChI is InChI=1S/C20H21N3O2/c1-14(17-7-4-5-15(11-17)12-21)22-20(25)23-10-9-16-6-2-3-8-18(16)19(23)13-24/h2-8,11,14,19,24H,9-10,13H2,1H3,(H,22,25)/t14-,19+/m0/s1. The van der Waals surface area contributed by atoms with Crippen LogP contribution in [0, 0.1) is 11.3 Å². The van der Waals surface area contributed by atoms with Crippen LogP contribution in [0.4, 0.5) is 4.79 Å². The van der Waals surface area contributed by atoms with Crippen LogP contribution in [0.25, 0.3) is 0 Å². The molecule has 2 aromatic rings. The number of carbonyl (C=O) groups is 1. The van der Waals surface area contributed by atoms with Crippen molar-refractivity contribution >= 4 is 6.03 Å². The molecule has 0 bridgehead atoms. The van der Waals surface area contributed by atoms with Crippen molar-refractivity contribution in [3.8, 4) is 6.07 Å². The third-order valence-corrected chi connectivity index (χ3v) is 4.70. The Morgan fingerprint density at radius 3 is 2.92 bits per heavy atom. The predicted molar refractivity (Wildman–Crippen MR) is 94.8 cm³/mol. The number of carbonyl (C=O) groups excluding carboxylic acids is 1. The average molecular weight is 335 g/mol. The average Bonchev–Trinajstić information content (AvgIpc) is 2.66. The van der Waals surface area contributed by atoms with Crippen LogP contribution in [0.5, 0.6) is 0 Å². The third-order valence-electron chi connectivity index (χ3n) is 4.70. The van der Waals surface area contributed by atoms with Gasteiger partial charge in [-0.25, -0.2) is 4.79 Å². The van der Waals surface area contributed by atoms with E-state index in [2.05, 4.69) is 11.4 Å². The molecule has 2 amide bonds. The molecule has 0 saturated carbocycles. The van der Waals surface area contributed by atoms with Gasteiger partial charge in [0.1, 0.15) is 0 Å². The van der Waals surface area contributed by atoms with Crippen LogP contribution in [0.3, 0.4) is 0 Å². The number of nitrogens with one attached hydrogen (secondary N) is 1. The monoisotopic (exact) mass is 335 g/mol. The summed E-state index contributed by atoms with van der Waals surface area (Å²) in [7, 11) is 0. The Hall–Kier alpha value is -2.84. The van der Waals surface area contributed by atoms with E-state index >= 15 is 0 Å². The first-order valence-electron chi connectivity index (χ1n) is 8.40. The van der Waals surface area contributed by atoms with Crippen molar-refractivity contribution in [1.82, 2.24) is 10.2 Å². The fourth-order valence-electron chi connectivity index (χ4n) is 3.32. The topological polar surface area (TPSA) is 76.4 Å². The van der Waals surface area contributed by atoms with Crippen molar-refractivity contribution in [2.75, 3.05) is 13.2 Å². The van der Waals surface area contributed by atoms with Crippen LogP contribution in [0.2, 0.25) is 0 Å². The molecule has 0 spiro atoms. The van der Waals surface area contributed by atoms with Gasteiger partial charge in [0.2, 0.25) is 0 Å². The molecule has 0 unspecified atom stereocenters. The number of urea groups is 1. The molecular formula is C20H21N3O2. The predicted octanol–water partition coefficient (Wildman–Crippen LogP) is 2.92. The van der Waals surface area contributed by atoms with Crippen LogP contribution in [-0.4, -0.2) is 29.2 Å². The number of nitriles is 1. The van der Waals surface area contributed by atoms with Crippen molar-refractivity contribution < 1.29 is 9.90 Å². The Morgan fingerprint density at radius 1 is 1.36 bits per heavy atom. The van der Waals surface area contributed by atoms with E-state index in [1.807, 2.05) is 43.3 Å². The highest BCUT2D eigenvalue weighted by molar-refractivity contribution is 5.76. The number of hydrogen-bond acceptors (Lipinski definition) is 3. The highest BCUT2D eigenvalue weighted by atomic mass is 16.3. The maximum absolute atomic E-state index is 12.8. The maximum Gasteiger partial charge on any atom is 0.318 e. The molecule has 2 aromatic carbocycles. The molecule has 1 aliphatic rings. The summed E-state index contributed by atoms with van der Waals surface area (Å²) in [4.78, 5) is 14.4. The molecule has 0 radical (unpaired) electrons. The van der Waals surface area contributed by atoms with Gasteiger partial charge in [-0.05, 0) is 42.2 Å². The highest BCUT2D eigenvalue weighted by Gasteiger charge is 2.30. The maximum atomic E-state index is 12.8. The molecule has 0 aliphatic carbocycles. The van der Waals surface area contributed by atoms with Gasteiger partial charge in [-0.3, -0.25) is 0 Å². The summed E-state index contributed by atoms with van der Waals surface area (Å²) >= 11 is 0. The first-order chi connectivity index (χ1) is 12.1. The molecular weight excluding hydrogens is 314 g/mol. The van der Waals surface area contributed by atoms with E-state index in [4.69, 9.17) is 5.26 Å². The summed E-state index contributed by atoms with van der Waals surface area (Å²) in [5, 5.41) is 21.8. The van der Waals surface area contributed by atoms with Gasteiger partial charge >= 0.3 is 6.03 Å². The molecule has 25 heavy (non-hydrogen) atoms.